The third-order valence-electron chi connectivity index (χ3n) is 1.24. The molecule has 1 aromatic heterocycles. The van der Waals surface area contributed by atoms with Crippen LogP contribution in [-0.2, 0) is 6.54 Å². The fourth-order valence-corrected chi connectivity index (χ4v) is 1.41. The number of nitrogens with one attached hydrogen (secondary N) is 1. The van der Waals surface area contributed by atoms with Crippen LogP contribution >= 0.6 is 11.3 Å². The Morgan fingerprint density at radius 3 is 3.00 bits per heavy atom. The van der Waals surface area contributed by atoms with Crippen LogP contribution in [0.3, 0.4) is 0 Å². The molecule has 1 rings (SSSR count). The van der Waals surface area contributed by atoms with Gasteiger partial charge in [0.05, 0.1) is 0 Å². The van der Waals surface area contributed by atoms with E-state index in [9.17, 15) is 0 Å². The minimum Gasteiger partial charge on any atom is -0.316 e. The first-order chi connectivity index (χ1) is 4.34. The van der Waals surface area contributed by atoms with E-state index in [-0.39, 0.29) is 0 Å². The van der Waals surface area contributed by atoms with Gasteiger partial charge in [0, 0.05) is 11.4 Å². The van der Waals surface area contributed by atoms with Crippen molar-refractivity contribution in [2.24, 2.45) is 0 Å². The molecule has 0 fully saturated rings. The summed E-state index contributed by atoms with van der Waals surface area (Å²) in [5.74, 6) is 0. The summed E-state index contributed by atoms with van der Waals surface area (Å²) >= 11 is 1.69. The molecule has 1 aromatic rings. The van der Waals surface area contributed by atoms with Gasteiger partial charge in [0.2, 0.25) is 0 Å². The van der Waals surface area contributed by atoms with Gasteiger partial charge in [-0.05, 0) is 23.9 Å². The molecule has 0 aliphatic heterocycles. The summed E-state index contributed by atoms with van der Waals surface area (Å²) in [7, 11) is 0. The third kappa shape index (κ3) is 1.51. The number of thiophene rings is 1. The summed E-state index contributed by atoms with van der Waals surface area (Å²) in [4.78, 5) is 1.26. The Morgan fingerprint density at radius 2 is 2.56 bits per heavy atom. The molecule has 2 nitrogen and oxygen atoms in total. The molecule has 1 heterocycles. The van der Waals surface area contributed by atoms with Gasteiger partial charge in [0.1, 0.15) is 0 Å². The van der Waals surface area contributed by atoms with Crippen molar-refractivity contribution in [3.05, 3.63) is 21.9 Å². The van der Waals surface area contributed by atoms with Crippen LogP contribution < -0.4 is 5.48 Å². The number of hydrogen-bond donors (Lipinski definition) is 2. The van der Waals surface area contributed by atoms with E-state index in [0.717, 1.165) is 0 Å². The molecular weight excluding hydrogens is 134 g/mol. The predicted octanol–water partition coefficient (Wildman–Crippen LogP) is 1.54. The van der Waals surface area contributed by atoms with E-state index in [2.05, 4.69) is 5.48 Å². The lowest BCUT2D eigenvalue weighted by molar-refractivity contribution is 0.161. The quantitative estimate of drug-likeness (QED) is 0.615. The first-order valence-electron chi connectivity index (χ1n) is 2.74. The molecule has 0 amide bonds. The maximum absolute atomic E-state index is 8.32. The van der Waals surface area contributed by atoms with Gasteiger partial charge in [-0.3, -0.25) is 0 Å². The van der Waals surface area contributed by atoms with Crippen LogP contribution in [0.2, 0.25) is 0 Å². The van der Waals surface area contributed by atoms with Crippen LogP contribution in [0.1, 0.15) is 10.4 Å². The lowest BCUT2D eigenvalue weighted by atomic mass is 10.3. The highest BCUT2D eigenvalue weighted by molar-refractivity contribution is 7.10. The van der Waals surface area contributed by atoms with E-state index in [0.29, 0.717) is 6.54 Å². The first-order valence-corrected chi connectivity index (χ1v) is 3.62. The van der Waals surface area contributed by atoms with Crippen molar-refractivity contribution in [3.63, 3.8) is 0 Å². The Kier molecular flexibility index (Phi) is 2.22. The van der Waals surface area contributed by atoms with Crippen molar-refractivity contribution < 1.29 is 5.21 Å². The zero-order chi connectivity index (χ0) is 6.69. The summed E-state index contributed by atoms with van der Waals surface area (Å²) in [6.45, 7) is 2.59. The van der Waals surface area contributed by atoms with Gasteiger partial charge in [-0.25, -0.2) is 5.48 Å². The largest absolute Gasteiger partial charge is 0.316 e. The van der Waals surface area contributed by atoms with Crippen molar-refractivity contribution in [1.29, 1.82) is 0 Å². The average Bonchev–Trinajstić information content (AvgIpc) is 2.18. The maximum Gasteiger partial charge on any atom is 0.0468 e. The molecule has 0 spiro atoms. The van der Waals surface area contributed by atoms with Crippen molar-refractivity contribution in [2.75, 3.05) is 0 Å². The van der Waals surface area contributed by atoms with E-state index in [4.69, 9.17) is 5.21 Å². The molecule has 0 unspecified atom stereocenters. The first kappa shape index (κ1) is 6.74. The maximum atomic E-state index is 8.32. The monoisotopic (exact) mass is 143 g/mol. The molecule has 0 saturated heterocycles. The molecule has 0 aromatic carbocycles. The van der Waals surface area contributed by atoms with Crippen LogP contribution in [0.25, 0.3) is 0 Å². The second kappa shape index (κ2) is 2.96. The van der Waals surface area contributed by atoms with Gasteiger partial charge < -0.3 is 5.21 Å². The normalized spacial score (nSPS) is 10.0. The van der Waals surface area contributed by atoms with Crippen LogP contribution in [0.4, 0.5) is 0 Å². The van der Waals surface area contributed by atoms with E-state index in [1.54, 1.807) is 11.3 Å². The second-order valence-corrected chi connectivity index (χ2v) is 2.96. The lowest BCUT2D eigenvalue weighted by Gasteiger charge is -1.93. The predicted molar refractivity (Wildman–Crippen MR) is 37.7 cm³/mol. The molecule has 0 saturated carbocycles. The second-order valence-electron chi connectivity index (χ2n) is 1.84. The summed E-state index contributed by atoms with van der Waals surface area (Å²) < 4.78 is 0. The molecular formula is C6H9NOS. The van der Waals surface area contributed by atoms with Gasteiger partial charge >= 0.3 is 0 Å². The highest BCUT2D eigenvalue weighted by Crippen LogP contribution is 2.13. The van der Waals surface area contributed by atoms with Crippen LogP contribution in [0.15, 0.2) is 11.4 Å². The topological polar surface area (TPSA) is 32.3 Å². The highest BCUT2D eigenvalue weighted by atomic mass is 32.1. The van der Waals surface area contributed by atoms with E-state index < -0.39 is 0 Å². The zero-order valence-electron chi connectivity index (χ0n) is 5.22. The Morgan fingerprint density at radius 1 is 1.78 bits per heavy atom. The highest BCUT2D eigenvalue weighted by Gasteiger charge is 1.95. The van der Waals surface area contributed by atoms with Crippen molar-refractivity contribution in [3.8, 4) is 0 Å². The standard InChI is InChI=1S/C6H9NOS/c1-5-6(4-7-8)2-3-9-5/h2-3,7-8H,4H2,1H3. The van der Waals surface area contributed by atoms with Gasteiger partial charge in [-0.1, -0.05) is 0 Å². The molecule has 0 radical (unpaired) electrons. The molecule has 0 atom stereocenters. The Balaban J connectivity index is 2.69. The third-order valence-corrected chi connectivity index (χ3v) is 2.12. The number of hydrogen-bond acceptors (Lipinski definition) is 3. The van der Waals surface area contributed by atoms with Gasteiger partial charge in [-0.2, -0.15) is 0 Å². The van der Waals surface area contributed by atoms with Crippen LogP contribution in [0.5, 0.6) is 0 Å². The van der Waals surface area contributed by atoms with E-state index in [1.807, 2.05) is 18.4 Å². The van der Waals surface area contributed by atoms with Gasteiger partial charge in [0.25, 0.3) is 0 Å². The lowest BCUT2D eigenvalue weighted by Crippen LogP contribution is -2.05. The molecule has 50 valence electrons. The Labute approximate surface area is 58.1 Å². The minimum atomic E-state index is 0.551. The summed E-state index contributed by atoms with van der Waals surface area (Å²) in [5.41, 5.74) is 3.29. The van der Waals surface area contributed by atoms with Gasteiger partial charge in [-0.15, -0.1) is 11.3 Å². The molecule has 0 aliphatic carbocycles. The summed E-state index contributed by atoms with van der Waals surface area (Å²) in [5, 5.41) is 10.3. The molecule has 3 heteroatoms. The van der Waals surface area contributed by atoms with E-state index in [1.165, 1.54) is 10.4 Å². The smallest absolute Gasteiger partial charge is 0.0468 e. The number of hydroxylamine groups is 1. The molecule has 2 N–H and O–H groups in total. The van der Waals surface area contributed by atoms with E-state index >= 15 is 0 Å². The Bertz CT molecular complexity index is 185. The fourth-order valence-electron chi connectivity index (χ4n) is 0.680. The van der Waals surface area contributed by atoms with Crippen molar-refractivity contribution in [2.45, 2.75) is 13.5 Å². The SMILES string of the molecule is Cc1sccc1CNO. The molecule has 0 aliphatic rings. The van der Waals surface area contributed by atoms with Crippen molar-refractivity contribution in [1.82, 2.24) is 5.48 Å². The van der Waals surface area contributed by atoms with Crippen LogP contribution in [0, 0.1) is 6.92 Å². The number of aryl methyl sites for hydroxylation is 1. The average molecular weight is 143 g/mol. The number of rotatable bonds is 2. The molecule has 0 bridgehead atoms. The van der Waals surface area contributed by atoms with Gasteiger partial charge in [0.15, 0.2) is 0 Å². The Hall–Kier alpha value is -0.380. The van der Waals surface area contributed by atoms with Crippen molar-refractivity contribution >= 4 is 11.3 Å². The minimum absolute atomic E-state index is 0.551. The zero-order valence-corrected chi connectivity index (χ0v) is 6.03. The van der Waals surface area contributed by atoms with Crippen LogP contribution in [-0.4, -0.2) is 5.21 Å². The summed E-state index contributed by atoms with van der Waals surface area (Å²) in [6.07, 6.45) is 0. The fraction of sp³-hybridized carbons (Fsp3) is 0.333. The molecule has 9 heavy (non-hydrogen) atoms. The summed E-state index contributed by atoms with van der Waals surface area (Å²) in [6, 6.07) is 2.00.